The van der Waals surface area contributed by atoms with Gasteiger partial charge in [0.1, 0.15) is 11.6 Å². The number of sulfonamides is 1. The normalized spacial score (nSPS) is 14.8. The fourth-order valence-corrected chi connectivity index (χ4v) is 4.33. The standard InChI is InChI=1S/C20H23ClFN3O4S/c1-23(2)30(27,28)15-7-8-19(16(21)13-15)29-14-20(26)25-11-9-24(10-12-25)18-6-4-3-5-17(18)22/h3-8,13H,9-12,14H2,1-2H3. The lowest BCUT2D eigenvalue weighted by Crippen LogP contribution is -2.50. The first-order chi connectivity index (χ1) is 14.2. The largest absolute Gasteiger partial charge is 0.482 e. The minimum absolute atomic E-state index is 0.0421. The molecule has 1 saturated heterocycles. The molecule has 0 atom stereocenters. The van der Waals surface area contributed by atoms with Crippen molar-refractivity contribution in [2.45, 2.75) is 4.90 Å². The van der Waals surface area contributed by atoms with Crippen LogP contribution in [0.3, 0.4) is 0 Å². The molecule has 2 aromatic carbocycles. The first-order valence-corrected chi connectivity index (χ1v) is 11.1. The highest BCUT2D eigenvalue weighted by atomic mass is 35.5. The molecule has 1 heterocycles. The van der Waals surface area contributed by atoms with Gasteiger partial charge in [0.15, 0.2) is 6.61 Å². The summed E-state index contributed by atoms with van der Waals surface area (Å²) < 4.78 is 44.8. The van der Waals surface area contributed by atoms with Crippen molar-refractivity contribution in [2.24, 2.45) is 0 Å². The Balaban J connectivity index is 1.56. The van der Waals surface area contributed by atoms with Gasteiger partial charge in [0, 0.05) is 40.3 Å². The van der Waals surface area contributed by atoms with E-state index in [1.165, 1.54) is 38.4 Å². The zero-order chi connectivity index (χ0) is 21.9. The average Bonchev–Trinajstić information content (AvgIpc) is 2.73. The van der Waals surface area contributed by atoms with Crippen LogP contribution in [0.5, 0.6) is 5.75 Å². The Hall–Kier alpha value is -2.36. The minimum atomic E-state index is -3.61. The van der Waals surface area contributed by atoms with Crippen molar-refractivity contribution in [2.75, 3.05) is 51.8 Å². The Kier molecular flexibility index (Phi) is 6.84. The summed E-state index contributed by atoms with van der Waals surface area (Å²) in [6.07, 6.45) is 0. The predicted octanol–water partition coefficient (Wildman–Crippen LogP) is 2.46. The molecule has 2 aromatic rings. The molecule has 0 radical (unpaired) electrons. The topological polar surface area (TPSA) is 70.2 Å². The molecule has 0 aromatic heterocycles. The van der Waals surface area contributed by atoms with E-state index >= 15 is 0 Å². The molecular formula is C20H23ClFN3O4S. The number of piperazine rings is 1. The van der Waals surface area contributed by atoms with Gasteiger partial charge in [0.05, 0.1) is 15.6 Å². The summed E-state index contributed by atoms with van der Waals surface area (Å²) in [5.41, 5.74) is 0.528. The van der Waals surface area contributed by atoms with Crippen LogP contribution in [-0.2, 0) is 14.8 Å². The number of hydrogen-bond donors (Lipinski definition) is 0. The second-order valence-corrected chi connectivity index (χ2v) is 9.55. The van der Waals surface area contributed by atoms with E-state index in [9.17, 15) is 17.6 Å². The molecule has 1 fully saturated rings. The molecule has 1 aliphatic heterocycles. The van der Waals surface area contributed by atoms with Crippen molar-refractivity contribution in [1.29, 1.82) is 0 Å². The van der Waals surface area contributed by atoms with Crippen molar-refractivity contribution in [3.63, 3.8) is 0 Å². The Labute approximate surface area is 180 Å². The number of amides is 1. The molecule has 0 bridgehead atoms. The molecule has 0 saturated carbocycles. The summed E-state index contributed by atoms with van der Waals surface area (Å²) in [5.74, 6) is -0.271. The number of carbonyl (C=O) groups excluding carboxylic acids is 1. The van der Waals surface area contributed by atoms with Crippen LogP contribution in [0.4, 0.5) is 10.1 Å². The number of para-hydroxylation sites is 1. The third kappa shape index (κ3) is 4.85. The highest BCUT2D eigenvalue weighted by molar-refractivity contribution is 7.89. The van der Waals surface area contributed by atoms with Crippen molar-refractivity contribution < 1.29 is 22.3 Å². The van der Waals surface area contributed by atoms with Crippen molar-refractivity contribution in [3.8, 4) is 5.75 Å². The second-order valence-electron chi connectivity index (χ2n) is 6.99. The highest BCUT2D eigenvalue weighted by Crippen LogP contribution is 2.28. The Morgan fingerprint density at radius 3 is 2.40 bits per heavy atom. The molecule has 30 heavy (non-hydrogen) atoms. The molecule has 0 unspecified atom stereocenters. The van der Waals surface area contributed by atoms with E-state index in [-0.39, 0.29) is 34.0 Å². The smallest absolute Gasteiger partial charge is 0.260 e. The van der Waals surface area contributed by atoms with Gasteiger partial charge in [-0.2, -0.15) is 0 Å². The van der Waals surface area contributed by atoms with Gasteiger partial charge in [-0.25, -0.2) is 17.1 Å². The lowest BCUT2D eigenvalue weighted by Gasteiger charge is -2.36. The number of ether oxygens (including phenoxy) is 1. The number of halogens is 2. The maximum Gasteiger partial charge on any atom is 0.260 e. The van der Waals surface area contributed by atoms with Crippen LogP contribution in [0, 0.1) is 5.82 Å². The molecule has 162 valence electrons. The summed E-state index contributed by atoms with van der Waals surface area (Å²) in [6, 6.07) is 10.7. The summed E-state index contributed by atoms with van der Waals surface area (Å²) in [6.45, 7) is 1.71. The minimum Gasteiger partial charge on any atom is -0.482 e. The lowest BCUT2D eigenvalue weighted by atomic mass is 10.2. The third-order valence-corrected chi connectivity index (χ3v) is 6.97. The highest BCUT2D eigenvalue weighted by Gasteiger charge is 2.24. The van der Waals surface area contributed by atoms with Crippen LogP contribution in [0.2, 0.25) is 5.02 Å². The average molecular weight is 456 g/mol. The van der Waals surface area contributed by atoms with E-state index in [4.69, 9.17) is 16.3 Å². The molecule has 1 amide bonds. The van der Waals surface area contributed by atoms with Gasteiger partial charge in [-0.05, 0) is 30.3 Å². The predicted molar refractivity (Wildman–Crippen MR) is 113 cm³/mol. The quantitative estimate of drug-likeness (QED) is 0.669. The van der Waals surface area contributed by atoms with E-state index in [2.05, 4.69) is 0 Å². The van der Waals surface area contributed by atoms with Gasteiger partial charge in [-0.3, -0.25) is 4.79 Å². The molecular weight excluding hydrogens is 433 g/mol. The second kappa shape index (κ2) is 9.20. The fourth-order valence-electron chi connectivity index (χ4n) is 3.11. The van der Waals surface area contributed by atoms with Crippen LogP contribution >= 0.6 is 11.6 Å². The van der Waals surface area contributed by atoms with Gasteiger partial charge in [-0.15, -0.1) is 0 Å². The molecule has 7 nitrogen and oxygen atoms in total. The van der Waals surface area contributed by atoms with Crippen LogP contribution in [0.15, 0.2) is 47.4 Å². The first kappa shape index (κ1) is 22.3. The van der Waals surface area contributed by atoms with E-state index in [1.54, 1.807) is 23.1 Å². The first-order valence-electron chi connectivity index (χ1n) is 9.32. The fraction of sp³-hybridized carbons (Fsp3) is 0.350. The number of anilines is 1. The summed E-state index contributed by atoms with van der Waals surface area (Å²) in [7, 11) is -0.751. The number of nitrogens with zero attached hydrogens (tertiary/aromatic N) is 3. The molecule has 10 heteroatoms. The van der Waals surface area contributed by atoms with Crippen LogP contribution in [0.1, 0.15) is 0 Å². The van der Waals surface area contributed by atoms with E-state index in [0.29, 0.717) is 31.9 Å². The van der Waals surface area contributed by atoms with E-state index < -0.39 is 10.0 Å². The summed E-state index contributed by atoms with van der Waals surface area (Å²) >= 11 is 6.14. The van der Waals surface area contributed by atoms with Crippen LogP contribution < -0.4 is 9.64 Å². The maximum absolute atomic E-state index is 13.9. The van der Waals surface area contributed by atoms with Gasteiger partial charge in [0.2, 0.25) is 10.0 Å². The van der Waals surface area contributed by atoms with E-state index in [1.807, 2.05) is 4.90 Å². The van der Waals surface area contributed by atoms with Crippen molar-refractivity contribution in [1.82, 2.24) is 9.21 Å². The van der Waals surface area contributed by atoms with Gasteiger partial charge in [-0.1, -0.05) is 23.7 Å². The summed E-state index contributed by atoms with van der Waals surface area (Å²) in [4.78, 5) is 16.1. The molecule has 3 rings (SSSR count). The van der Waals surface area contributed by atoms with Crippen molar-refractivity contribution >= 4 is 33.2 Å². The lowest BCUT2D eigenvalue weighted by molar-refractivity contribution is -0.133. The SMILES string of the molecule is CN(C)S(=O)(=O)c1ccc(OCC(=O)N2CCN(c3ccccc3F)CC2)c(Cl)c1. The Morgan fingerprint density at radius 2 is 1.80 bits per heavy atom. The number of carbonyl (C=O) groups is 1. The van der Waals surface area contributed by atoms with Crippen LogP contribution in [-0.4, -0.2) is 70.4 Å². The molecule has 0 aliphatic carbocycles. The maximum atomic E-state index is 13.9. The summed E-state index contributed by atoms with van der Waals surface area (Å²) in [5, 5.41) is 0.107. The third-order valence-electron chi connectivity index (χ3n) is 4.86. The number of hydrogen-bond acceptors (Lipinski definition) is 5. The zero-order valence-corrected chi connectivity index (χ0v) is 18.3. The number of benzene rings is 2. The van der Waals surface area contributed by atoms with Gasteiger partial charge in [0.25, 0.3) is 5.91 Å². The van der Waals surface area contributed by atoms with E-state index in [0.717, 1.165) is 4.31 Å². The monoisotopic (exact) mass is 455 g/mol. The van der Waals surface area contributed by atoms with Crippen molar-refractivity contribution in [3.05, 3.63) is 53.3 Å². The van der Waals surface area contributed by atoms with Gasteiger partial charge >= 0.3 is 0 Å². The molecule has 0 spiro atoms. The molecule has 1 aliphatic rings. The Bertz CT molecular complexity index is 1020. The Morgan fingerprint density at radius 1 is 1.13 bits per heavy atom. The van der Waals surface area contributed by atoms with Gasteiger partial charge < -0.3 is 14.5 Å². The van der Waals surface area contributed by atoms with Crippen LogP contribution in [0.25, 0.3) is 0 Å². The zero-order valence-electron chi connectivity index (χ0n) is 16.7. The molecule has 0 N–H and O–H groups in total. The number of rotatable bonds is 6.